The molecule has 2 heterocycles. The summed E-state index contributed by atoms with van der Waals surface area (Å²) in [5, 5.41) is 14.0. The van der Waals surface area contributed by atoms with Gasteiger partial charge in [-0.05, 0) is 52.7 Å². The first-order chi connectivity index (χ1) is 10.8. The Bertz CT molecular complexity index is 822. The molecular weight excluding hydrogens is 289 g/mol. The normalized spacial score (nSPS) is 11.9. The zero-order valence-electron chi connectivity index (χ0n) is 14.2. The third kappa shape index (κ3) is 2.84. The minimum Gasteiger partial charge on any atom is -0.563 e. The van der Waals surface area contributed by atoms with Gasteiger partial charge in [-0.15, -0.1) is 0 Å². The molecule has 0 fully saturated rings. The second-order valence-electron chi connectivity index (χ2n) is 5.46. The number of allylic oxidation sites excluding steroid dienone is 1. The third-order valence-electron chi connectivity index (χ3n) is 4.14. The summed E-state index contributed by atoms with van der Waals surface area (Å²) in [6.45, 7) is 11.4. The second-order valence-corrected chi connectivity index (χ2v) is 5.46. The van der Waals surface area contributed by atoms with Crippen LogP contribution in [0.1, 0.15) is 39.7 Å². The van der Waals surface area contributed by atoms with Crippen LogP contribution in [0.4, 0.5) is 0 Å². The van der Waals surface area contributed by atoms with Crippen molar-refractivity contribution in [3.05, 3.63) is 39.7 Å². The molecule has 0 bridgehead atoms. The van der Waals surface area contributed by atoms with Crippen LogP contribution in [0.5, 0.6) is 0 Å². The standard InChI is InChI=1S/C16H18BN5O/c1-8-10(3)19-16(20-11(8)4)15(23-17)14(7-18)22-13(6)9(2)12(5)21-22/h1-6H3. The molecule has 6 nitrogen and oxygen atoms in total. The van der Waals surface area contributed by atoms with Crippen molar-refractivity contribution in [2.45, 2.75) is 41.5 Å². The molecule has 116 valence electrons. The Morgan fingerprint density at radius 3 is 1.96 bits per heavy atom. The Labute approximate surface area is 137 Å². The van der Waals surface area contributed by atoms with Crippen molar-refractivity contribution in [1.29, 1.82) is 5.26 Å². The summed E-state index contributed by atoms with van der Waals surface area (Å²) in [7, 11) is 5.42. The maximum Gasteiger partial charge on any atom is 0.374 e. The molecule has 0 spiro atoms. The number of hydrogen-bond acceptors (Lipinski definition) is 5. The summed E-state index contributed by atoms with van der Waals surface area (Å²) in [4.78, 5) is 8.78. The Kier molecular flexibility index (Phi) is 4.55. The van der Waals surface area contributed by atoms with Crippen LogP contribution in [0.25, 0.3) is 11.5 Å². The molecule has 0 amide bonds. The van der Waals surface area contributed by atoms with E-state index >= 15 is 0 Å². The highest BCUT2D eigenvalue weighted by molar-refractivity contribution is 6.04. The van der Waals surface area contributed by atoms with Crippen molar-refractivity contribution >= 4 is 19.5 Å². The lowest BCUT2D eigenvalue weighted by molar-refractivity contribution is 0.560. The lowest BCUT2D eigenvalue weighted by atomic mass is 10.2. The van der Waals surface area contributed by atoms with Crippen molar-refractivity contribution in [3.8, 4) is 6.07 Å². The topological polar surface area (TPSA) is 76.6 Å². The van der Waals surface area contributed by atoms with Gasteiger partial charge in [0, 0.05) is 17.1 Å². The third-order valence-corrected chi connectivity index (χ3v) is 4.14. The number of aromatic nitrogens is 4. The Morgan fingerprint density at radius 2 is 1.57 bits per heavy atom. The van der Waals surface area contributed by atoms with Gasteiger partial charge < -0.3 is 4.65 Å². The number of rotatable bonds is 3. The van der Waals surface area contributed by atoms with Gasteiger partial charge in [-0.25, -0.2) is 14.6 Å². The van der Waals surface area contributed by atoms with Gasteiger partial charge in [0.1, 0.15) is 6.07 Å². The maximum absolute atomic E-state index is 9.60. The summed E-state index contributed by atoms with van der Waals surface area (Å²) in [6.07, 6.45) is 0. The highest BCUT2D eigenvalue weighted by Crippen LogP contribution is 2.24. The maximum atomic E-state index is 9.60. The van der Waals surface area contributed by atoms with Crippen LogP contribution in [0.2, 0.25) is 0 Å². The lowest BCUT2D eigenvalue weighted by Crippen LogP contribution is -2.09. The average molecular weight is 307 g/mol. The molecule has 0 aliphatic heterocycles. The molecule has 2 aromatic rings. The van der Waals surface area contributed by atoms with E-state index in [1.165, 1.54) is 4.68 Å². The van der Waals surface area contributed by atoms with Crippen LogP contribution < -0.4 is 0 Å². The molecule has 23 heavy (non-hydrogen) atoms. The summed E-state index contributed by atoms with van der Waals surface area (Å²) in [5.74, 6) is 0.374. The molecular formula is C16H18BN5O. The fourth-order valence-corrected chi connectivity index (χ4v) is 2.22. The monoisotopic (exact) mass is 307 g/mol. The largest absolute Gasteiger partial charge is 0.563 e. The molecule has 0 aliphatic carbocycles. The Balaban J connectivity index is 2.75. The minimum absolute atomic E-state index is 0.101. The first kappa shape index (κ1) is 16.8. The van der Waals surface area contributed by atoms with Crippen molar-refractivity contribution in [3.63, 3.8) is 0 Å². The van der Waals surface area contributed by atoms with E-state index in [1.807, 2.05) is 41.5 Å². The minimum atomic E-state index is 0.101. The van der Waals surface area contributed by atoms with Crippen molar-refractivity contribution < 1.29 is 4.65 Å². The molecule has 0 aromatic carbocycles. The highest BCUT2D eigenvalue weighted by Gasteiger charge is 2.20. The van der Waals surface area contributed by atoms with Crippen LogP contribution >= 0.6 is 0 Å². The zero-order valence-corrected chi connectivity index (χ0v) is 14.2. The predicted octanol–water partition coefficient (Wildman–Crippen LogP) is 2.47. The Hall–Kier alpha value is -2.62. The van der Waals surface area contributed by atoms with Gasteiger partial charge in [-0.2, -0.15) is 10.4 Å². The van der Waals surface area contributed by atoms with Crippen LogP contribution in [0.15, 0.2) is 0 Å². The lowest BCUT2D eigenvalue weighted by Gasteiger charge is -2.12. The van der Waals surface area contributed by atoms with Crippen molar-refractivity contribution in [2.75, 3.05) is 0 Å². The molecule has 0 saturated carbocycles. The zero-order chi connectivity index (χ0) is 17.3. The SMILES string of the molecule is [B]OC(=C(C#N)n1nc(C)c(C)c1C)c1nc(C)c(C)c(C)n1. The van der Waals surface area contributed by atoms with Gasteiger partial charge in [0.25, 0.3) is 0 Å². The molecule has 2 aromatic heterocycles. The number of hydrogen-bond donors (Lipinski definition) is 0. The summed E-state index contributed by atoms with van der Waals surface area (Å²) in [5.41, 5.74) is 5.45. The number of nitriles is 1. The quantitative estimate of drug-likeness (QED) is 0.494. The van der Waals surface area contributed by atoms with Crippen LogP contribution in [-0.4, -0.2) is 27.8 Å². The van der Waals surface area contributed by atoms with Gasteiger partial charge in [-0.1, -0.05) is 0 Å². The van der Waals surface area contributed by atoms with E-state index in [4.69, 9.17) is 12.7 Å². The van der Waals surface area contributed by atoms with Gasteiger partial charge in [-0.3, -0.25) is 0 Å². The molecule has 2 rings (SSSR count). The summed E-state index contributed by atoms with van der Waals surface area (Å²) in [6, 6.07) is 2.10. The predicted molar refractivity (Wildman–Crippen MR) is 88.2 cm³/mol. The Morgan fingerprint density at radius 1 is 1.00 bits per heavy atom. The highest BCUT2D eigenvalue weighted by atomic mass is 16.4. The molecule has 2 radical (unpaired) electrons. The van der Waals surface area contributed by atoms with E-state index in [-0.39, 0.29) is 17.3 Å². The molecule has 7 heteroatoms. The van der Waals surface area contributed by atoms with E-state index in [2.05, 4.69) is 21.1 Å². The molecule has 0 atom stereocenters. The second kappa shape index (κ2) is 6.25. The molecule has 0 aliphatic rings. The number of nitrogens with zero attached hydrogens (tertiary/aromatic N) is 5. The first-order valence-corrected chi connectivity index (χ1v) is 7.18. The van der Waals surface area contributed by atoms with Crippen LogP contribution in [0.3, 0.4) is 0 Å². The first-order valence-electron chi connectivity index (χ1n) is 7.18. The van der Waals surface area contributed by atoms with E-state index in [0.717, 1.165) is 33.9 Å². The molecule has 0 saturated heterocycles. The van der Waals surface area contributed by atoms with Crippen molar-refractivity contribution in [1.82, 2.24) is 19.7 Å². The van der Waals surface area contributed by atoms with Crippen molar-refractivity contribution in [2.24, 2.45) is 0 Å². The van der Waals surface area contributed by atoms with Gasteiger partial charge in [0.05, 0.1) is 5.69 Å². The van der Waals surface area contributed by atoms with Crippen LogP contribution in [-0.2, 0) is 4.65 Å². The van der Waals surface area contributed by atoms with Gasteiger partial charge in [0.15, 0.2) is 17.3 Å². The van der Waals surface area contributed by atoms with Gasteiger partial charge >= 0.3 is 8.05 Å². The summed E-state index contributed by atoms with van der Waals surface area (Å²) >= 11 is 0. The van der Waals surface area contributed by atoms with E-state index in [1.54, 1.807) is 0 Å². The van der Waals surface area contributed by atoms with Gasteiger partial charge in [0.2, 0.25) is 0 Å². The van der Waals surface area contributed by atoms with E-state index in [9.17, 15) is 5.26 Å². The van der Waals surface area contributed by atoms with E-state index < -0.39 is 0 Å². The van der Waals surface area contributed by atoms with Crippen LogP contribution in [0, 0.1) is 52.9 Å². The number of aryl methyl sites for hydroxylation is 3. The molecule has 0 N–H and O–H groups in total. The average Bonchev–Trinajstić information content (AvgIpc) is 2.77. The smallest absolute Gasteiger partial charge is 0.374 e. The fourth-order valence-electron chi connectivity index (χ4n) is 2.22. The van der Waals surface area contributed by atoms with E-state index in [0.29, 0.717) is 0 Å². The molecule has 0 unspecified atom stereocenters. The fraction of sp³-hybridized carbons (Fsp3) is 0.375. The summed E-state index contributed by atoms with van der Waals surface area (Å²) < 4.78 is 6.48.